The molecule has 2 unspecified atom stereocenters. The maximum absolute atomic E-state index is 4.84. The fraction of sp³-hybridized carbons (Fsp3) is 0.240. The molecule has 4 nitrogen and oxygen atoms in total. The Kier molecular flexibility index (Phi) is 5.74. The SMILES string of the molecule is C=CCn1c(SCc2csc(-c3cccc(C)c3)n2)nnc1C1CC1c1ccccc1. The van der Waals surface area contributed by atoms with Gasteiger partial charge in [0, 0.05) is 29.2 Å². The highest BCUT2D eigenvalue weighted by atomic mass is 32.2. The Morgan fingerprint density at radius 1 is 1.13 bits per heavy atom. The van der Waals surface area contributed by atoms with E-state index in [1.54, 1.807) is 23.1 Å². The smallest absolute Gasteiger partial charge is 0.191 e. The van der Waals surface area contributed by atoms with Gasteiger partial charge in [-0.05, 0) is 30.9 Å². The van der Waals surface area contributed by atoms with E-state index < -0.39 is 0 Å². The van der Waals surface area contributed by atoms with Gasteiger partial charge in [0.25, 0.3) is 0 Å². The summed E-state index contributed by atoms with van der Waals surface area (Å²) in [6.45, 7) is 6.78. The van der Waals surface area contributed by atoms with Crippen molar-refractivity contribution in [2.24, 2.45) is 0 Å². The van der Waals surface area contributed by atoms with Gasteiger partial charge in [0.15, 0.2) is 5.16 Å². The summed E-state index contributed by atoms with van der Waals surface area (Å²) in [6.07, 6.45) is 3.06. The van der Waals surface area contributed by atoms with Crippen molar-refractivity contribution in [3.05, 3.63) is 95.3 Å². The van der Waals surface area contributed by atoms with Crippen molar-refractivity contribution in [3.8, 4) is 10.6 Å². The lowest BCUT2D eigenvalue weighted by atomic mass is 10.1. The lowest BCUT2D eigenvalue weighted by Crippen LogP contribution is -2.03. The van der Waals surface area contributed by atoms with E-state index in [9.17, 15) is 0 Å². The molecule has 6 heteroatoms. The molecule has 5 rings (SSSR count). The van der Waals surface area contributed by atoms with Crippen LogP contribution in [-0.2, 0) is 12.3 Å². The predicted molar refractivity (Wildman–Crippen MR) is 129 cm³/mol. The maximum atomic E-state index is 4.84. The fourth-order valence-electron chi connectivity index (χ4n) is 3.95. The third kappa shape index (κ3) is 4.36. The first-order chi connectivity index (χ1) is 15.2. The van der Waals surface area contributed by atoms with Crippen molar-refractivity contribution in [2.75, 3.05) is 0 Å². The van der Waals surface area contributed by atoms with Crippen LogP contribution in [0.5, 0.6) is 0 Å². The molecule has 0 amide bonds. The summed E-state index contributed by atoms with van der Waals surface area (Å²) < 4.78 is 2.22. The van der Waals surface area contributed by atoms with Crippen LogP contribution in [-0.4, -0.2) is 19.7 Å². The number of rotatable bonds is 8. The minimum atomic E-state index is 0.441. The Labute approximate surface area is 191 Å². The number of thioether (sulfide) groups is 1. The van der Waals surface area contributed by atoms with E-state index in [0.717, 1.165) is 40.4 Å². The number of hydrogen-bond acceptors (Lipinski definition) is 5. The van der Waals surface area contributed by atoms with E-state index in [1.807, 2.05) is 6.08 Å². The van der Waals surface area contributed by atoms with Gasteiger partial charge in [0.05, 0.1) is 5.69 Å². The van der Waals surface area contributed by atoms with Crippen LogP contribution in [0.2, 0.25) is 0 Å². The molecule has 1 aliphatic rings. The molecule has 0 bridgehead atoms. The summed E-state index contributed by atoms with van der Waals surface area (Å²) in [4.78, 5) is 4.84. The average molecular weight is 445 g/mol. The first-order valence-corrected chi connectivity index (χ1v) is 12.3. The molecule has 0 N–H and O–H groups in total. The van der Waals surface area contributed by atoms with E-state index in [0.29, 0.717) is 11.8 Å². The quantitative estimate of drug-likeness (QED) is 0.231. The number of benzene rings is 2. The number of aryl methyl sites for hydroxylation is 1. The molecular formula is C25H24N4S2. The molecule has 2 aromatic heterocycles. The molecule has 2 aromatic carbocycles. The molecule has 0 saturated heterocycles. The Morgan fingerprint density at radius 3 is 2.81 bits per heavy atom. The Bertz CT molecular complexity index is 1200. The number of nitrogens with zero attached hydrogens (tertiary/aromatic N) is 4. The second kappa shape index (κ2) is 8.81. The average Bonchev–Trinajstić information content (AvgIpc) is 3.26. The second-order valence-corrected chi connectivity index (χ2v) is 9.70. The standard InChI is InChI=1S/C25H24N4S2/c1-3-12-29-23(22-14-21(22)18-9-5-4-6-10-18)27-28-25(29)31-16-20-15-30-24(26-20)19-11-7-8-17(2)13-19/h3-11,13,15,21-22H,1,12,14,16H2,2H3. The summed E-state index contributed by atoms with van der Waals surface area (Å²) in [6, 6.07) is 19.2. The van der Waals surface area contributed by atoms with Gasteiger partial charge in [-0.1, -0.05) is 71.9 Å². The van der Waals surface area contributed by atoms with Gasteiger partial charge in [0.1, 0.15) is 10.8 Å². The summed E-state index contributed by atoms with van der Waals surface area (Å²) in [5.41, 5.74) is 4.90. The Morgan fingerprint density at radius 2 is 2.00 bits per heavy atom. The van der Waals surface area contributed by atoms with Crippen molar-refractivity contribution in [3.63, 3.8) is 0 Å². The number of hydrogen-bond donors (Lipinski definition) is 0. The molecule has 1 fully saturated rings. The topological polar surface area (TPSA) is 43.6 Å². The highest BCUT2D eigenvalue weighted by molar-refractivity contribution is 7.98. The van der Waals surface area contributed by atoms with Crippen molar-refractivity contribution >= 4 is 23.1 Å². The van der Waals surface area contributed by atoms with E-state index in [2.05, 4.69) is 88.2 Å². The van der Waals surface area contributed by atoms with Crippen LogP contribution >= 0.6 is 23.1 Å². The highest BCUT2D eigenvalue weighted by Gasteiger charge is 2.43. The molecule has 1 aliphatic carbocycles. The van der Waals surface area contributed by atoms with Crippen LogP contribution in [0, 0.1) is 6.92 Å². The van der Waals surface area contributed by atoms with Crippen LogP contribution in [0.3, 0.4) is 0 Å². The fourth-order valence-corrected chi connectivity index (χ4v) is 5.72. The molecule has 4 aromatic rings. The third-order valence-electron chi connectivity index (χ3n) is 5.57. The zero-order chi connectivity index (χ0) is 21.2. The van der Waals surface area contributed by atoms with Gasteiger partial charge >= 0.3 is 0 Å². The zero-order valence-corrected chi connectivity index (χ0v) is 19.1. The molecule has 1 saturated carbocycles. The third-order valence-corrected chi connectivity index (χ3v) is 7.51. The normalized spacial score (nSPS) is 17.6. The lowest BCUT2D eigenvalue weighted by molar-refractivity contribution is 0.677. The first-order valence-electron chi connectivity index (χ1n) is 10.5. The van der Waals surface area contributed by atoms with Gasteiger partial charge in [-0.2, -0.15) is 0 Å². The number of thiazole rings is 1. The molecule has 0 spiro atoms. The number of allylic oxidation sites excluding steroid dienone is 1. The van der Waals surface area contributed by atoms with Crippen LogP contribution < -0.4 is 0 Å². The molecule has 0 radical (unpaired) electrons. The Balaban J connectivity index is 1.30. The second-order valence-electron chi connectivity index (χ2n) is 7.90. The summed E-state index contributed by atoms with van der Waals surface area (Å²) >= 11 is 3.40. The van der Waals surface area contributed by atoms with Crippen LogP contribution in [0.25, 0.3) is 10.6 Å². The summed E-state index contributed by atoms with van der Waals surface area (Å²) in [7, 11) is 0. The van der Waals surface area contributed by atoms with Crippen LogP contribution in [0.15, 0.2) is 77.8 Å². The zero-order valence-electron chi connectivity index (χ0n) is 17.4. The lowest BCUT2D eigenvalue weighted by Gasteiger charge is -2.07. The van der Waals surface area contributed by atoms with Crippen LogP contribution in [0.4, 0.5) is 0 Å². The largest absolute Gasteiger partial charge is 0.302 e. The monoisotopic (exact) mass is 444 g/mol. The summed E-state index contributed by atoms with van der Waals surface area (Å²) in [5, 5.41) is 13.2. The molecular weight excluding hydrogens is 420 g/mol. The number of aromatic nitrogens is 4. The molecule has 2 atom stereocenters. The van der Waals surface area contributed by atoms with Gasteiger partial charge in [-0.25, -0.2) is 4.98 Å². The molecule has 31 heavy (non-hydrogen) atoms. The van der Waals surface area contributed by atoms with Gasteiger partial charge in [-0.15, -0.1) is 28.1 Å². The predicted octanol–water partition coefficient (Wildman–Crippen LogP) is 6.46. The Hall–Kier alpha value is -2.70. The van der Waals surface area contributed by atoms with E-state index in [4.69, 9.17) is 4.98 Å². The minimum absolute atomic E-state index is 0.441. The van der Waals surface area contributed by atoms with E-state index >= 15 is 0 Å². The van der Waals surface area contributed by atoms with E-state index in [-0.39, 0.29) is 0 Å². The van der Waals surface area contributed by atoms with E-state index in [1.165, 1.54) is 16.7 Å². The summed E-state index contributed by atoms with van der Waals surface area (Å²) in [5.74, 6) is 2.85. The van der Waals surface area contributed by atoms with Crippen LogP contribution in [0.1, 0.15) is 40.9 Å². The highest BCUT2D eigenvalue weighted by Crippen LogP contribution is 2.54. The van der Waals surface area contributed by atoms with Crippen molar-refractivity contribution in [1.82, 2.24) is 19.7 Å². The van der Waals surface area contributed by atoms with Gasteiger partial charge < -0.3 is 4.57 Å². The minimum Gasteiger partial charge on any atom is -0.302 e. The van der Waals surface area contributed by atoms with Crippen molar-refractivity contribution in [2.45, 2.75) is 42.6 Å². The molecule has 0 aliphatic heterocycles. The van der Waals surface area contributed by atoms with Crippen molar-refractivity contribution in [1.29, 1.82) is 0 Å². The van der Waals surface area contributed by atoms with Gasteiger partial charge in [0.2, 0.25) is 0 Å². The van der Waals surface area contributed by atoms with Gasteiger partial charge in [-0.3, -0.25) is 0 Å². The van der Waals surface area contributed by atoms with Crippen molar-refractivity contribution < 1.29 is 0 Å². The first kappa shape index (κ1) is 20.2. The molecule has 156 valence electrons. The molecule has 2 heterocycles. The maximum Gasteiger partial charge on any atom is 0.191 e.